The third kappa shape index (κ3) is 2.51. The van der Waals surface area contributed by atoms with Crippen LogP contribution in [0, 0.1) is 5.92 Å². The molecule has 2 aliphatic rings. The van der Waals surface area contributed by atoms with Crippen LogP contribution < -0.4 is 0 Å². The van der Waals surface area contributed by atoms with Crippen LogP contribution in [0.4, 0.5) is 0 Å². The van der Waals surface area contributed by atoms with Crippen molar-refractivity contribution in [3.05, 3.63) is 11.5 Å². The first kappa shape index (κ1) is 14.1. The Kier molecular flexibility index (Phi) is 3.65. The van der Waals surface area contributed by atoms with Crippen LogP contribution in [0.25, 0.3) is 0 Å². The zero-order chi connectivity index (χ0) is 13.6. The van der Waals surface area contributed by atoms with E-state index < -0.39 is 0 Å². The van der Waals surface area contributed by atoms with E-state index in [9.17, 15) is 0 Å². The average Bonchev–Trinajstić information content (AvgIpc) is 2.48. The fraction of sp³-hybridized carbons (Fsp3) is 0.857. The molecule has 4 heteroatoms. The van der Waals surface area contributed by atoms with Crippen LogP contribution in [0.15, 0.2) is 11.5 Å². The van der Waals surface area contributed by atoms with Crippen molar-refractivity contribution in [3.63, 3.8) is 0 Å². The standard InChI is InChI=1S/C14H25BO3/c1-10(2)12-8-7-11(9-16-12)15-17-13(3,4)14(5,6)18-15/h7,10,12H,8-9H2,1-6H3. The quantitative estimate of drug-likeness (QED) is 0.707. The van der Waals surface area contributed by atoms with Crippen LogP contribution in [0.1, 0.15) is 48.0 Å². The van der Waals surface area contributed by atoms with Gasteiger partial charge in [-0.15, -0.1) is 0 Å². The Balaban J connectivity index is 2.04. The summed E-state index contributed by atoms with van der Waals surface area (Å²) in [5.74, 6) is 0.557. The predicted molar refractivity (Wildman–Crippen MR) is 73.4 cm³/mol. The highest BCUT2D eigenvalue weighted by molar-refractivity contribution is 6.54. The van der Waals surface area contributed by atoms with E-state index in [1.807, 2.05) is 0 Å². The van der Waals surface area contributed by atoms with Gasteiger partial charge in [0.1, 0.15) is 0 Å². The fourth-order valence-electron chi connectivity index (χ4n) is 2.22. The van der Waals surface area contributed by atoms with E-state index in [0.717, 1.165) is 11.9 Å². The molecule has 0 aliphatic carbocycles. The fourth-order valence-corrected chi connectivity index (χ4v) is 2.22. The maximum atomic E-state index is 6.03. The number of hydrogen-bond donors (Lipinski definition) is 0. The van der Waals surface area contributed by atoms with Gasteiger partial charge < -0.3 is 14.0 Å². The molecule has 18 heavy (non-hydrogen) atoms. The second-order valence-corrected chi connectivity index (χ2v) is 6.70. The van der Waals surface area contributed by atoms with Crippen LogP contribution in [-0.2, 0) is 14.0 Å². The van der Waals surface area contributed by atoms with E-state index in [4.69, 9.17) is 14.0 Å². The first-order chi connectivity index (χ1) is 8.23. The molecule has 2 heterocycles. The summed E-state index contributed by atoms with van der Waals surface area (Å²) in [6.45, 7) is 13.3. The van der Waals surface area contributed by atoms with E-state index in [0.29, 0.717) is 18.6 Å². The monoisotopic (exact) mass is 252 g/mol. The highest BCUT2D eigenvalue weighted by Crippen LogP contribution is 2.39. The van der Waals surface area contributed by atoms with E-state index in [-0.39, 0.29) is 18.3 Å². The summed E-state index contributed by atoms with van der Waals surface area (Å²) in [5, 5.41) is 0. The lowest BCUT2D eigenvalue weighted by molar-refractivity contribution is 0.00578. The third-order valence-corrected chi connectivity index (χ3v) is 4.38. The molecular formula is C14H25BO3. The number of rotatable bonds is 2. The molecule has 0 aromatic rings. The maximum Gasteiger partial charge on any atom is 0.492 e. The van der Waals surface area contributed by atoms with Gasteiger partial charge in [-0.25, -0.2) is 0 Å². The first-order valence-corrected chi connectivity index (χ1v) is 6.89. The van der Waals surface area contributed by atoms with Crippen molar-refractivity contribution in [2.75, 3.05) is 6.61 Å². The second kappa shape index (κ2) is 4.66. The van der Waals surface area contributed by atoms with Gasteiger partial charge in [0, 0.05) is 0 Å². The zero-order valence-corrected chi connectivity index (χ0v) is 12.4. The molecule has 1 atom stereocenters. The normalized spacial score (nSPS) is 30.7. The first-order valence-electron chi connectivity index (χ1n) is 6.89. The highest BCUT2D eigenvalue weighted by atomic mass is 16.7. The largest absolute Gasteiger partial charge is 0.492 e. The van der Waals surface area contributed by atoms with Gasteiger partial charge in [-0.05, 0) is 45.5 Å². The van der Waals surface area contributed by atoms with E-state index in [1.165, 1.54) is 0 Å². The molecule has 0 aromatic heterocycles. The van der Waals surface area contributed by atoms with Crippen LogP contribution in [-0.4, -0.2) is 31.0 Å². The van der Waals surface area contributed by atoms with Crippen molar-refractivity contribution in [1.29, 1.82) is 0 Å². The predicted octanol–water partition coefficient (Wildman–Crippen LogP) is 2.99. The summed E-state index contributed by atoms with van der Waals surface area (Å²) in [7, 11) is -0.247. The summed E-state index contributed by atoms with van der Waals surface area (Å²) in [6, 6.07) is 0. The lowest BCUT2D eigenvalue weighted by Gasteiger charge is -2.32. The Morgan fingerprint density at radius 2 is 1.72 bits per heavy atom. The minimum absolute atomic E-state index is 0.247. The van der Waals surface area contributed by atoms with Gasteiger partial charge in [-0.2, -0.15) is 0 Å². The lowest BCUT2D eigenvalue weighted by atomic mass is 9.76. The number of hydrogen-bond acceptors (Lipinski definition) is 3. The molecule has 1 saturated heterocycles. The van der Waals surface area contributed by atoms with Gasteiger partial charge in [0.25, 0.3) is 0 Å². The summed E-state index contributed by atoms with van der Waals surface area (Å²) in [5.41, 5.74) is 0.589. The van der Waals surface area contributed by atoms with Crippen molar-refractivity contribution in [2.45, 2.75) is 65.3 Å². The summed E-state index contributed by atoms with van der Waals surface area (Å²) in [6.07, 6.45) is 3.52. The molecule has 0 spiro atoms. The number of ether oxygens (including phenoxy) is 1. The minimum atomic E-state index is -0.270. The summed E-state index contributed by atoms with van der Waals surface area (Å²) < 4.78 is 17.9. The van der Waals surface area contributed by atoms with Gasteiger partial charge in [-0.1, -0.05) is 19.9 Å². The van der Waals surface area contributed by atoms with Gasteiger partial charge in [-0.3, -0.25) is 0 Å². The van der Waals surface area contributed by atoms with Gasteiger partial charge in [0.2, 0.25) is 0 Å². The van der Waals surface area contributed by atoms with Crippen molar-refractivity contribution in [2.24, 2.45) is 5.92 Å². The Labute approximate surface area is 111 Å². The van der Waals surface area contributed by atoms with Crippen molar-refractivity contribution in [1.82, 2.24) is 0 Å². The molecular weight excluding hydrogens is 227 g/mol. The van der Waals surface area contributed by atoms with Crippen molar-refractivity contribution in [3.8, 4) is 0 Å². The summed E-state index contributed by atoms with van der Waals surface area (Å²) in [4.78, 5) is 0. The molecule has 3 nitrogen and oxygen atoms in total. The highest BCUT2D eigenvalue weighted by Gasteiger charge is 2.52. The molecule has 0 bridgehead atoms. The van der Waals surface area contributed by atoms with Crippen molar-refractivity contribution < 1.29 is 14.0 Å². The summed E-state index contributed by atoms with van der Waals surface area (Å²) >= 11 is 0. The molecule has 1 unspecified atom stereocenters. The molecule has 0 N–H and O–H groups in total. The molecule has 1 fully saturated rings. The SMILES string of the molecule is CC(C)C1CC=C(B2OC(C)(C)C(C)(C)O2)CO1. The van der Waals surface area contributed by atoms with Crippen LogP contribution in [0.2, 0.25) is 0 Å². The maximum absolute atomic E-state index is 6.03. The molecule has 102 valence electrons. The van der Waals surface area contributed by atoms with Crippen molar-refractivity contribution >= 4 is 7.12 Å². The third-order valence-electron chi connectivity index (χ3n) is 4.38. The Hall–Kier alpha value is -0.315. The molecule has 0 aromatic carbocycles. The molecule has 0 amide bonds. The van der Waals surface area contributed by atoms with Gasteiger partial charge >= 0.3 is 7.12 Å². The van der Waals surface area contributed by atoms with Gasteiger partial charge in [0.15, 0.2) is 0 Å². The van der Waals surface area contributed by atoms with Gasteiger partial charge in [0.05, 0.1) is 23.9 Å². The van der Waals surface area contributed by atoms with Crippen LogP contribution in [0.3, 0.4) is 0 Å². The lowest BCUT2D eigenvalue weighted by Crippen LogP contribution is -2.41. The Bertz CT molecular complexity index is 331. The molecule has 2 aliphatic heterocycles. The zero-order valence-electron chi connectivity index (χ0n) is 12.4. The van der Waals surface area contributed by atoms with E-state index in [2.05, 4.69) is 47.6 Å². The average molecular weight is 252 g/mol. The van der Waals surface area contributed by atoms with E-state index >= 15 is 0 Å². The second-order valence-electron chi connectivity index (χ2n) is 6.70. The van der Waals surface area contributed by atoms with E-state index in [1.54, 1.807) is 0 Å². The molecule has 0 radical (unpaired) electrons. The van der Waals surface area contributed by atoms with Crippen LogP contribution >= 0.6 is 0 Å². The minimum Gasteiger partial charge on any atom is -0.400 e. The van der Waals surface area contributed by atoms with Crippen LogP contribution in [0.5, 0.6) is 0 Å². The Morgan fingerprint density at radius 1 is 1.17 bits per heavy atom. The topological polar surface area (TPSA) is 27.7 Å². The Morgan fingerprint density at radius 3 is 2.11 bits per heavy atom. The molecule has 0 saturated carbocycles. The molecule has 2 rings (SSSR count). The smallest absolute Gasteiger partial charge is 0.400 e.